The van der Waals surface area contributed by atoms with Gasteiger partial charge in [-0.3, -0.25) is 0 Å². The van der Waals surface area contributed by atoms with Crippen LogP contribution in [-0.2, 0) is 0 Å². The van der Waals surface area contributed by atoms with E-state index in [0.29, 0.717) is 29.0 Å². The van der Waals surface area contributed by atoms with Crippen molar-refractivity contribution in [2.24, 2.45) is 4.99 Å². The first-order valence-corrected chi connectivity index (χ1v) is 9.42. The van der Waals surface area contributed by atoms with Crippen molar-refractivity contribution in [2.75, 3.05) is 11.9 Å². The molecule has 0 spiro atoms. The van der Waals surface area contributed by atoms with Crippen LogP contribution in [0.2, 0.25) is 0 Å². The highest BCUT2D eigenvalue weighted by molar-refractivity contribution is 6.13. The molecule has 0 amide bonds. The molecule has 1 atom stereocenters. The number of nitrogens with zero attached hydrogens (tertiary/aromatic N) is 6. The van der Waals surface area contributed by atoms with Crippen LogP contribution in [0.4, 0.5) is 5.82 Å². The fourth-order valence-electron chi connectivity index (χ4n) is 3.26. The zero-order valence-corrected chi connectivity index (χ0v) is 16.7. The van der Waals surface area contributed by atoms with Crippen LogP contribution in [0.15, 0.2) is 54.0 Å². The Morgan fingerprint density at radius 3 is 2.23 bits per heavy atom. The van der Waals surface area contributed by atoms with Crippen molar-refractivity contribution in [1.29, 1.82) is 0 Å². The molecule has 1 aromatic carbocycles. The van der Waals surface area contributed by atoms with E-state index in [0.717, 1.165) is 22.3 Å². The number of H-pyrrole nitrogens is 1. The van der Waals surface area contributed by atoms with E-state index in [1.807, 2.05) is 50.1 Å². The van der Waals surface area contributed by atoms with Gasteiger partial charge in [0.2, 0.25) is 5.90 Å². The maximum Gasteiger partial charge on any atom is 0.274 e. The van der Waals surface area contributed by atoms with Gasteiger partial charge in [0.05, 0.1) is 30.4 Å². The van der Waals surface area contributed by atoms with Gasteiger partial charge in [0, 0.05) is 18.0 Å². The minimum absolute atomic E-state index is 0.422. The van der Waals surface area contributed by atoms with Gasteiger partial charge in [-0.15, -0.1) is 0 Å². The normalized spacial score (nSPS) is 15.6. The van der Waals surface area contributed by atoms with E-state index in [2.05, 4.69) is 24.9 Å². The Labute approximate surface area is 172 Å². The molecule has 0 aliphatic carbocycles. The summed E-state index contributed by atoms with van der Waals surface area (Å²) in [4.78, 5) is 26.9. The van der Waals surface area contributed by atoms with Gasteiger partial charge >= 0.3 is 0 Å². The topological polar surface area (TPSA) is 101 Å². The monoisotopic (exact) mass is 401 g/mol. The molecule has 1 unspecified atom stereocenters. The highest BCUT2D eigenvalue weighted by Crippen LogP contribution is 2.34. The first-order chi connectivity index (χ1) is 14.6. The number of anilines is 1. The second kappa shape index (κ2) is 7.11. The zero-order valence-electron chi connectivity index (χ0n) is 16.7. The second-order valence-electron chi connectivity index (χ2n) is 6.92. The molecule has 4 heterocycles. The second-order valence-corrected chi connectivity index (χ2v) is 6.92. The predicted octanol–water partition coefficient (Wildman–Crippen LogP) is 3.00. The largest absolute Gasteiger partial charge is 0.447 e. The fourth-order valence-corrected chi connectivity index (χ4v) is 3.26. The Balaban J connectivity index is 1.58. The molecule has 4 aromatic rings. The van der Waals surface area contributed by atoms with Crippen molar-refractivity contribution >= 4 is 22.6 Å². The summed E-state index contributed by atoms with van der Waals surface area (Å²) in [6.45, 7) is 3.64. The quantitative estimate of drug-likeness (QED) is 0.563. The van der Waals surface area contributed by atoms with Crippen molar-refractivity contribution in [3.8, 4) is 11.5 Å². The van der Waals surface area contributed by atoms with Gasteiger partial charge in [0.1, 0.15) is 17.5 Å². The molecular weight excluding hydrogens is 382 g/mol. The molecule has 0 bridgehead atoms. The molecule has 1 aliphatic heterocycles. The van der Waals surface area contributed by atoms with Crippen molar-refractivity contribution < 1.29 is 9.47 Å². The molecule has 1 aliphatic rings. The number of rotatable bonds is 3. The van der Waals surface area contributed by atoms with Gasteiger partial charge < -0.3 is 19.4 Å². The maximum absolute atomic E-state index is 6.11. The lowest BCUT2D eigenvalue weighted by molar-refractivity contribution is 0.204. The number of ether oxygens (including phenoxy) is 2. The Morgan fingerprint density at radius 2 is 1.53 bits per heavy atom. The van der Waals surface area contributed by atoms with Crippen LogP contribution in [0.1, 0.15) is 17.2 Å². The van der Waals surface area contributed by atoms with E-state index >= 15 is 0 Å². The number of hydrogen-bond acceptors (Lipinski definition) is 8. The van der Waals surface area contributed by atoms with E-state index in [4.69, 9.17) is 14.5 Å². The van der Waals surface area contributed by atoms with Crippen LogP contribution in [0.3, 0.4) is 0 Å². The fraction of sp³-hybridized carbons (Fsp3) is 0.190. The van der Waals surface area contributed by atoms with Crippen LogP contribution in [0.25, 0.3) is 10.9 Å². The van der Waals surface area contributed by atoms with Crippen molar-refractivity contribution in [2.45, 2.75) is 20.2 Å². The molecule has 9 heteroatoms. The number of para-hydroxylation sites is 1. The molecule has 0 radical (unpaired) electrons. The summed E-state index contributed by atoms with van der Waals surface area (Å²) in [6.07, 6.45) is 5.84. The molecule has 5 rings (SSSR count). The molecule has 150 valence electrons. The SMILES string of the molecule is Cc1ncc(OC2=NC(Oc3cnc(C)nc3)N(C)c3[nH]c4ccccc4c32)cn1. The summed E-state index contributed by atoms with van der Waals surface area (Å²) in [5.41, 5.74) is 1.83. The lowest BCUT2D eigenvalue weighted by Gasteiger charge is -2.31. The van der Waals surface area contributed by atoms with Crippen molar-refractivity contribution in [1.82, 2.24) is 24.9 Å². The number of aromatic amines is 1. The van der Waals surface area contributed by atoms with Gasteiger partial charge in [-0.1, -0.05) is 18.2 Å². The number of aliphatic imine (C=N–C) groups is 1. The lowest BCUT2D eigenvalue weighted by atomic mass is 10.1. The number of aromatic nitrogens is 5. The Bertz CT molecular complexity index is 1230. The van der Waals surface area contributed by atoms with Crippen LogP contribution in [-0.4, -0.2) is 44.2 Å². The standard InChI is InChI=1S/C21H19N7O2/c1-12-22-8-14(9-23-12)29-20-18-16-6-4-5-7-17(16)26-19(18)28(3)21(27-20)30-15-10-24-13(2)25-11-15/h4-11,21,26H,1-3H3. The average Bonchev–Trinajstić information content (AvgIpc) is 3.15. The lowest BCUT2D eigenvalue weighted by Crippen LogP contribution is -2.41. The predicted molar refractivity (Wildman–Crippen MR) is 112 cm³/mol. The van der Waals surface area contributed by atoms with Gasteiger partial charge in [-0.05, 0) is 19.9 Å². The Hall–Kier alpha value is -4.01. The molecule has 0 saturated carbocycles. The van der Waals surface area contributed by atoms with E-state index in [-0.39, 0.29) is 0 Å². The molecule has 30 heavy (non-hydrogen) atoms. The number of nitrogens with one attached hydrogen (secondary N) is 1. The van der Waals surface area contributed by atoms with Gasteiger partial charge in [0.15, 0.2) is 11.5 Å². The maximum atomic E-state index is 6.11. The summed E-state index contributed by atoms with van der Waals surface area (Å²) >= 11 is 0. The van der Waals surface area contributed by atoms with E-state index < -0.39 is 6.35 Å². The van der Waals surface area contributed by atoms with Crippen LogP contribution >= 0.6 is 0 Å². The van der Waals surface area contributed by atoms with Crippen LogP contribution in [0.5, 0.6) is 11.5 Å². The minimum atomic E-state index is -0.668. The Kier molecular flexibility index (Phi) is 4.27. The number of aryl methyl sites for hydroxylation is 2. The Morgan fingerprint density at radius 1 is 0.900 bits per heavy atom. The van der Waals surface area contributed by atoms with Crippen LogP contribution in [0, 0.1) is 13.8 Å². The number of hydrogen-bond donors (Lipinski definition) is 1. The highest BCUT2D eigenvalue weighted by Gasteiger charge is 2.32. The smallest absolute Gasteiger partial charge is 0.274 e. The summed E-state index contributed by atoms with van der Waals surface area (Å²) in [5.74, 6) is 3.61. The number of benzene rings is 1. The van der Waals surface area contributed by atoms with Crippen LogP contribution < -0.4 is 14.4 Å². The molecular formula is C21H19N7O2. The summed E-state index contributed by atoms with van der Waals surface area (Å²) in [5, 5.41) is 1.00. The summed E-state index contributed by atoms with van der Waals surface area (Å²) < 4.78 is 12.2. The zero-order chi connectivity index (χ0) is 20.7. The molecule has 0 saturated heterocycles. The molecule has 0 fully saturated rings. The third kappa shape index (κ3) is 3.20. The summed E-state index contributed by atoms with van der Waals surface area (Å²) in [6, 6.07) is 8.00. The van der Waals surface area contributed by atoms with Crippen molar-refractivity contribution in [3.05, 3.63) is 66.3 Å². The average molecular weight is 401 g/mol. The van der Waals surface area contributed by atoms with Crippen molar-refractivity contribution in [3.63, 3.8) is 0 Å². The van der Waals surface area contributed by atoms with Gasteiger partial charge in [-0.2, -0.15) is 4.99 Å². The third-order valence-corrected chi connectivity index (χ3v) is 4.78. The van der Waals surface area contributed by atoms with Gasteiger partial charge in [0.25, 0.3) is 6.35 Å². The molecule has 3 aromatic heterocycles. The summed E-state index contributed by atoms with van der Waals surface area (Å²) in [7, 11) is 1.91. The molecule has 1 N–H and O–H groups in total. The number of fused-ring (bicyclic) bond motifs is 3. The van der Waals surface area contributed by atoms with Gasteiger partial charge in [-0.25, -0.2) is 19.9 Å². The molecule has 9 nitrogen and oxygen atoms in total. The van der Waals surface area contributed by atoms with E-state index in [1.165, 1.54) is 0 Å². The first kappa shape index (κ1) is 18.0. The first-order valence-electron chi connectivity index (χ1n) is 9.42. The minimum Gasteiger partial charge on any atom is -0.447 e. The third-order valence-electron chi connectivity index (χ3n) is 4.78. The van der Waals surface area contributed by atoms with E-state index in [9.17, 15) is 0 Å². The van der Waals surface area contributed by atoms with E-state index in [1.54, 1.807) is 24.8 Å². The highest BCUT2D eigenvalue weighted by atomic mass is 16.5.